The molecule has 1 N–H and O–H groups in total. The van der Waals surface area contributed by atoms with Gasteiger partial charge in [-0.05, 0) is 42.3 Å². The number of carbonyl (C=O) groups excluding carboxylic acids is 1. The molecule has 6 nitrogen and oxygen atoms in total. The van der Waals surface area contributed by atoms with Crippen molar-refractivity contribution in [1.29, 1.82) is 0 Å². The van der Waals surface area contributed by atoms with E-state index in [2.05, 4.69) is 5.32 Å². The van der Waals surface area contributed by atoms with E-state index < -0.39 is 10.0 Å². The van der Waals surface area contributed by atoms with Crippen LogP contribution < -0.4 is 14.4 Å². The Morgan fingerprint density at radius 3 is 2.36 bits per heavy atom. The highest BCUT2D eigenvalue weighted by molar-refractivity contribution is 7.92. The third kappa shape index (κ3) is 4.73. The van der Waals surface area contributed by atoms with E-state index in [1.54, 1.807) is 32.2 Å². The van der Waals surface area contributed by atoms with E-state index in [1.807, 2.05) is 24.3 Å². The zero-order valence-electron chi connectivity index (χ0n) is 14.7. The van der Waals surface area contributed by atoms with Crippen LogP contribution in [0.15, 0.2) is 42.5 Å². The fourth-order valence-corrected chi connectivity index (χ4v) is 2.85. The van der Waals surface area contributed by atoms with E-state index in [0.717, 1.165) is 23.1 Å². The fraction of sp³-hybridized carbons (Fsp3) is 0.278. The summed E-state index contributed by atoms with van der Waals surface area (Å²) in [5, 5.41) is 2.83. The summed E-state index contributed by atoms with van der Waals surface area (Å²) in [6.07, 6.45) is 1.13. The van der Waals surface area contributed by atoms with Crippen LogP contribution in [-0.2, 0) is 16.6 Å². The largest absolute Gasteiger partial charge is 0.497 e. The molecule has 2 aromatic carbocycles. The number of hydrogen-bond donors (Lipinski definition) is 1. The lowest BCUT2D eigenvalue weighted by Gasteiger charge is -2.19. The first-order valence-electron chi connectivity index (χ1n) is 7.68. The monoisotopic (exact) mass is 362 g/mol. The minimum atomic E-state index is -3.39. The van der Waals surface area contributed by atoms with E-state index in [9.17, 15) is 13.2 Å². The van der Waals surface area contributed by atoms with Crippen molar-refractivity contribution in [3.63, 3.8) is 0 Å². The summed E-state index contributed by atoms with van der Waals surface area (Å²) in [5.41, 5.74) is 2.61. The molecule has 0 bridgehead atoms. The maximum absolute atomic E-state index is 12.4. The van der Waals surface area contributed by atoms with Gasteiger partial charge in [-0.1, -0.05) is 18.2 Å². The highest BCUT2D eigenvalue weighted by Crippen LogP contribution is 2.22. The van der Waals surface area contributed by atoms with Crippen molar-refractivity contribution in [3.8, 4) is 5.75 Å². The minimum Gasteiger partial charge on any atom is -0.497 e. The average Bonchev–Trinajstić information content (AvgIpc) is 2.59. The molecule has 0 aliphatic carbocycles. The molecule has 0 atom stereocenters. The molecule has 1 amide bonds. The van der Waals surface area contributed by atoms with Crippen LogP contribution in [0.3, 0.4) is 0 Å². The van der Waals surface area contributed by atoms with Crippen molar-refractivity contribution in [2.24, 2.45) is 0 Å². The van der Waals surface area contributed by atoms with Gasteiger partial charge in [-0.15, -0.1) is 0 Å². The van der Waals surface area contributed by atoms with Gasteiger partial charge in [0, 0.05) is 19.2 Å². The number of hydrogen-bond acceptors (Lipinski definition) is 4. The molecule has 0 heterocycles. The van der Waals surface area contributed by atoms with Crippen LogP contribution in [-0.4, -0.2) is 34.7 Å². The molecule has 0 fully saturated rings. The Morgan fingerprint density at radius 1 is 1.16 bits per heavy atom. The second-order valence-corrected chi connectivity index (χ2v) is 7.78. The third-order valence-corrected chi connectivity index (χ3v) is 5.11. The van der Waals surface area contributed by atoms with E-state index >= 15 is 0 Å². The number of rotatable bonds is 6. The molecular formula is C18H22N2O4S. The maximum atomic E-state index is 12.4. The highest BCUT2D eigenvalue weighted by Gasteiger charge is 2.16. The lowest BCUT2D eigenvalue weighted by Crippen LogP contribution is -2.27. The second-order valence-electron chi connectivity index (χ2n) is 5.76. The van der Waals surface area contributed by atoms with Gasteiger partial charge in [-0.3, -0.25) is 9.10 Å². The van der Waals surface area contributed by atoms with Crippen molar-refractivity contribution in [3.05, 3.63) is 59.2 Å². The first-order valence-corrected chi connectivity index (χ1v) is 9.53. The number of nitrogens with zero attached hydrogens (tertiary/aromatic N) is 1. The number of anilines is 1. The summed E-state index contributed by atoms with van der Waals surface area (Å²) in [6.45, 7) is 2.17. The van der Waals surface area contributed by atoms with Gasteiger partial charge in [-0.2, -0.15) is 0 Å². The van der Waals surface area contributed by atoms with Gasteiger partial charge in [0.25, 0.3) is 5.91 Å². The molecule has 0 aliphatic rings. The predicted octanol–water partition coefficient (Wildman–Crippen LogP) is 2.33. The van der Waals surface area contributed by atoms with Crippen molar-refractivity contribution in [2.45, 2.75) is 13.5 Å². The van der Waals surface area contributed by atoms with E-state index in [1.165, 1.54) is 11.4 Å². The molecule has 0 unspecified atom stereocenters. The van der Waals surface area contributed by atoms with Crippen LogP contribution >= 0.6 is 0 Å². The molecule has 25 heavy (non-hydrogen) atoms. The van der Waals surface area contributed by atoms with Gasteiger partial charge in [0.2, 0.25) is 10.0 Å². The summed E-state index contributed by atoms with van der Waals surface area (Å²) in [7, 11) is -0.328. The quantitative estimate of drug-likeness (QED) is 0.856. The van der Waals surface area contributed by atoms with E-state index in [0.29, 0.717) is 17.8 Å². The summed E-state index contributed by atoms with van der Waals surface area (Å²) >= 11 is 0. The number of nitrogens with one attached hydrogen (secondary N) is 1. The smallest absolute Gasteiger partial charge is 0.251 e. The zero-order chi connectivity index (χ0) is 18.6. The Morgan fingerprint density at radius 2 is 1.80 bits per heavy atom. The molecule has 0 aromatic heterocycles. The highest BCUT2D eigenvalue weighted by atomic mass is 32.2. The number of methoxy groups -OCH3 is 1. The first-order chi connectivity index (χ1) is 11.7. The number of benzene rings is 2. The Hall–Kier alpha value is -2.54. The van der Waals surface area contributed by atoms with Crippen LogP contribution in [0, 0.1) is 6.92 Å². The lowest BCUT2D eigenvalue weighted by molar-refractivity contribution is 0.0951. The van der Waals surface area contributed by atoms with E-state index in [4.69, 9.17) is 4.74 Å². The lowest BCUT2D eigenvalue weighted by atomic mass is 10.1. The number of aryl methyl sites for hydroxylation is 1. The molecule has 7 heteroatoms. The number of amides is 1. The molecule has 2 rings (SSSR count). The summed E-state index contributed by atoms with van der Waals surface area (Å²) in [6, 6.07) is 12.4. The molecule has 0 saturated carbocycles. The average molecular weight is 362 g/mol. The topological polar surface area (TPSA) is 75.7 Å². The van der Waals surface area contributed by atoms with Gasteiger partial charge < -0.3 is 10.1 Å². The Labute approximate surface area is 148 Å². The van der Waals surface area contributed by atoms with E-state index in [-0.39, 0.29) is 5.91 Å². The Kier molecular flexibility index (Phi) is 5.69. The summed E-state index contributed by atoms with van der Waals surface area (Å²) < 4.78 is 29.8. The minimum absolute atomic E-state index is 0.265. The first kappa shape index (κ1) is 18.8. The van der Waals surface area contributed by atoms with Gasteiger partial charge in [0.1, 0.15) is 5.75 Å². The molecule has 0 saturated heterocycles. The standard InChI is InChI=1S/C18H22N2O4S/c1-13-5-8-15(11-17(13)20(2)25(4,22)23)18(21)19-12-14-6-9-16(24-3)10-7-14/h5-11H,12H2,1-4H3,(H,19,21). The molecule has 0 aliphatic heterocycles. The van der Waals surface area contributed by atoms with Crippen LogP contribution in [0.2, 0.25) is 0 Å². The maximum Gasteiger partial charge on any atom is 0.251 e. The molecule has 0 spiro atoms. The second kappa shape index (κ2) is 7.57. The Balaban J connectivity index is 2.13. The van der Waals surface area contributed by atoms with Crippen molar-refractivity contribution < 1.29 is 17.9 Å². The summed E-state index contributed by atoms with van der Waals surface area (Å²) in [5.74, 6) is 0.487. The van der Waals surface area contributed by atoms with Crippen LogP contribution in [0.25, 0.3) is 0 Å². The van der Waals surface area contributed by atoms with Gasteiger partial charge in [0.15, 0.2) is 0 Å². The van der Waals surface area contributed by atoms with Crippen molar-refractivity contribution in [1.82, 2.24) is 5.32 Å². The number of sulfonamides is 1. The fourth-order valence-electron chi connectivity index (χ4n) is 2.30. The van der Waals surface area contributed by atoms with Gasteiger partial charge in [-0.25, -0.2) is 8.42 Å². The zero-order valence-corrected chi connectivity index (χ0v) is 15.6. The third-order valence-electron chi connectivity index (χ3n) is 3.92. The molecule has 0 radical (unpaired) electrons. The van der Waals surface area contributed by atoms with Crippen LogP contribution in [0.4, 0.5) is 5.69 Å². The van der Waals surface area contributed by atoms with Gasteiger partial charge in [0.05, 0.1) is 19.1 Å². The van der Waals surface area contributed by atoms with Crippen molar-refractivity contribution in [2.75, 3.05) is 24.7 Å². The van der Waals surface area contributed by atoms with Crippen molar-refractivity contribution >= 4 is 21.6 Å². The Bertz CT molecular complexity index is 861. The van der Waals surface area contributed by atoms with Crippen LogP contribution in [0.1, 0.15) is 21.5 Å². The predicted molar refractivity (Wildman–Crippen MR) is 98.6 cm³/mol. The molecule has 2 aromatic rings. The molecule has 134 valence electrons. The normalized spacial score (nSPS) is 11.0. The SMILES string of the molecule is COc1ccc(CNC(=O)c2ccc(C)c(N(C)S(C)(=O)=O)c2)cc1. The van der Waals surface area contributed by atoms with Crippen LogP contribution in [0.5, 0.6) is 5.75 Å². The number of ether oxygens (including phenoxy) is 1. The van der Waals surface area contributed by atoms with Gasteiger partial charge >= 0.3 is 0 Å². The summed E-state index contributed by atoms with van der Waals surface area (Å²) in [4.78, 5) is 12.4. The molecular weight excluding hydrogens is 340 g/mol. The number of carbonyl (C=O) groups is 1.